The Hall–Kier alpha value is -2.56. The van der Waals surface area contributed by atoms with Crippen molar-refractivity contribution in [2.45, 2.75) is 51.5 Å². The zero-order chi connectivity index (χ0) is 18.4. The Morgan fingerprint density at radius 2 is 2.04 bits per heavy atom. The molecule has 1 unspecified atom stereocenters. The topological polar surface area (TPSA) is 62.1 Å². The summed E-state index contributed by atoms with van der Waals surface area (Å²) >= 11 is 0. The smallest absolute Gasteiger partial charge is 0.293 e. The molecular weight excluding hydrogens is 338 g/mol. The summed E-state index contributed by atoms with van der Waals surface area (Å²) in [6.45, 7) is 2.58. The first-order valence-corrected chi connectivity index (χ1v) is 10.1. The largest absolute Gasteiger partial charge is 0.356 e. The number of hydrogen-bond acceptors (Lipinski definition) is 3. The summed E-state index contributed by atoms with van der Waals surface area (Å²) in [5.41, 5.74) is 4.54. The van der Waals surface area contributed by atoms with E-state index in [0.717, 1.165) is 18.7 Å². The van der Waals surface area contributed by atoms with Crippen molar-refractivity contribution in [2.24, 2.45) is 5.92 Å². The maximum atomic E-state index is 13.3. The first kappa shape index (κ1) is 16.6. The van der Waals surface area contributed by atoms with Gasteiger partial charge in [-0.25, -0.2) is 0 Å². The maximum Gasteiger partial charge on any atom is 0.293 e. The number of rotatable bonds is 2. The molecular formula is C22H25N3O2. The van der Waals surface area contributed by atoms with Crippen molar-refractivity contribution in [3.8, 4) is 0 Å². The van der Waals surface area contributed by atoms with Crippen LogP contribution < -0.4 is 0 Å². The quantitative estimate of drug-likeness (QED) is 0.712. The van der Waals surface area contributed by atoms with E-state index in [1.807, 2.05) is 11.8 Å². The molecule has 5 nitrogen and oxygen atoms in total. The molecule has 1 atom stereocenters. The average molecular weight is 363 g/mol. The van der Waals surface area contributed by atoms with Gasteiger partial charge in [-0.05, 0) is 43.7 Å². The fraction of sp³-hybridized carbons (Fsp3) is 0.455. The van der Waals surface area contributed by atoms with Crippen molar-refractivity contribution in [1.29, 1.82) is 0 Å². The highest BCUT2D eigenvalue weighted by molar-refractivity contribution is 5.93. The second-order valence-corrected chi connectivity index (χ2v) is 7.99. The summed E-state index contributed by atoms with van der Waals surface area (Å²) in [5, 5.41) is 5.22. The Kier molecular flexibility index (Phi) is 4.03. The van der Waals surface area contributed by atoms with E-state index in [1.165, 1.54) is 54.3 Å². The third-order valence-corrected chi connectivity index (χ3v) is 6.28. The first-order chi connectivity index (χ1) is 13.2. The fourth-order valence-corrected chi connectivity index (χ4v) is 5.04. The molecule has 1 amide bonds. The van der Waals surface area contributed by atoms with E-state index in [-0.39, 0.29) is 11.9 Å². The van der Waals surface area contributed by atoms with Gasteiger partial charge in [0.05, 0.1) is 11.7 Å². The van der Waals surface area contributed by atoms with E-state index in [2.05, 4.69) is 34.4 Å². The number of benzene rings is 1. The van der Waals surface area contributed by atoms with Crippen molar-refractivity contribution < 1.29 is 9.32 Å². The third kappa shape index (κ3) is 2.76. The zero-order valence-electron chi connectivity index (χ0n) is 15.7. The van der Waals surface area contributed by atoms with Gasteiger partial charge < -0.3 is 14.4 Å². The number of aryl methyl sites for hydroxylation is 1. The summed E-state index contributed by atoms with van der Waals surface area (Å²) in [4.78, 5) is 19.0. The molecule has 0 spiro atoms. The third-order valence-electron chi connectivity index (χ3n) is 6.28. The van der Waals surface area contributed by atoms with Gasteiger partial charge in [0.1, 0.15) is 0 Å². The Bertz CT molecular complexity index is 981. The SMILES string of the molecule is Cc1cc(C(=O)N2CCc3c([nH]c4ccccc34)C2C2CCCCC2)on1. The Morgan fingerprint density at radius 1 is 1.22 bits per heavy atom. The molecule has 1 aliphatic carbocycles. The van der Waals surface area contributed by atoms with Gasteiger partial charge in [-0.1, -0.05) is 42.6 Å². The molecule has 1 N–H and O–H groups in total. The van der Waals surface area contributed by atoms with Crippen LogP contribution in [0.5, 0.6) is 0 Å². The predicted molar refractivity (Wildman–Crippen MR) is 104 cm³/mol. The molecule has 0 bridgehead atoms. The minimum Gasteiger partial charge on any atom is -0.356 e. The van der Waals surface area contributed by atoms with Crippen LogP contribution in [0.15, 0.2) is 34.9 Å². The van der Waals surface area contributed by atoms with Crippen LogP contribution in [0.25, 0.3) is 10.9 Å². The first-order valence-electron chi connectivity index (χ1n) is 10.1. The number of aromatic nitrogens is 2. The van der Waals surface area contributed by atoms with Crippen molar-refractivity contribution in [3.63, 3.8) is 0 Å². The van der Waals surface area contributed by atoms with E-state index in [1.54, 1.807) is 6.07 Å². The van der Waals surface area contributed by atoms with Crippen molar-refractivity contribution in [1.82, 2.24) is 15.0 Å². The number of para-hydroxylation sites is 1. The number of carbonyl (C=O) groups is 1. The number of nitrogens with one attached hydrogen (secondary N) is 1. The highest BCUT2D eigenvalue weighted by Crippen LogP contribution is 2.44. The molecule has 27 heavy (non-hydrogen) atoms. The molecule has 5 heteroatoms. The molecule has 2 aromatic heterocycles. The van der Waals surface area contributed by atoms with E-state index >= 15 is 0 Å². The van der Waals surface area contributed by atoms with E-state index in [9.17, 15) is 4.79 Å². The second kappa shape index (κ2) is 6.55. The Labute approximate surface area is 158 Å². The molecule has 3 aromatic rings. The van der Waals surface area contributed by atoms with Crippen LogP contribution >= 0.6 is 0 Å². The molecule has 5 rings (SSSR count). The molecule has 2 aliphatic rings. The highest BCUT2D eigenvalue weighted by Gasteiger charge is 2.39. The lowest BCUT2D eigenvalue weighted by atomic mass is 9.79. The number of H-pyrrole nitrogens is 1. The zero-order valence-corrected chi connectivity index (χ0v) is 15.7. The monoisotopic (exact) mass is 363 g/mol. The average Bonchev–Trinajstić information content (AvgIpc) is 3.30. The summed E-state index contributed by atoms with van der Waals surface area (Å²) < 4.78 is 5.31. The number of hydrogen-bond donors (Lipinski definition) is 1. The predicted octanol–water partition coefficient (Wildman–Crippen LogP) is 4.78. The van der Waals surface area contributed by atoms with E-state index in [0.29, 0.717) is 11.7 Å². The molecule has 1 saturated carbocycles. The molecule has 140 valence electrons. The lowest BCUT2D eigenvalue weighted by Crippen LogP contribution is -2.43. The minimum atomic E-state index is -0.0320. The standard InChI is InChI=1S/C22H25N3O2/c1-14-13-19(27-24-14)22(26)25-12-11-17-16-9-5-6-10-18(16)23-20(17)21(25)15-7-3-2-4-8-15/h5-6,9-10,13,15,21,23H,2-4,7-8,11-12H2,1H3. The van der Waals surface area contributed by atoms with Crippen LogP contribution in [0.3, 0.4) is 0 Å². The van der Waals surface area contributed by atoms with Crippen LogP contribution in [0, 0.1) is 12.8 Å². The van der Waals surface area contributed by atoms with E-state index in [4.69, 9.17) is 4.52 Å². The van der Waals surface area contributed by atoms with Gasteiger partial charge in [0, 0.05) is 29.2 Å². The number of carbonyl (C=O) groups excluding carboxylic acids is 1. The Morgan fingerprint density at radius 3 is 2.81 bits per heavy atom. The molecule has 3 heterocycles. The summed E-state index contributed by atoms with van der Waals surface area (Å²) in [7, 11) is 0. The minimum absolute atomic E-state index is 0.0320. The van der Waals surface area contributed by atoms with Crippen LogP contribution in [-0.2, 0) is 6.42 Å². The normalized spacial score (nSPS) is 20.8. The number of aromatic amines is 1. The van der Waals surface area contributed by atoms with Crippen molar-refractivity contribution in [3.05, 3.63) is 53.0 Å². The van der Waals surface area contributed by atoms with Crippen molar-refractivity contribution in [2.75, 3.05) is 6.54 Å². The maximum absolute atomic E-state index is 13.3. The molecule has 0 radical (unpaired) electrons. The molecule has 0 saturated heterocycles. The summed E-state index contributed by atoms with van der Waals surface area (Å²) in [5.74, 6) is 0.821. The van der Waals surface area contributed by atoms with Gasteiger partial charge in [-0.2, -0.15) is 0 Å². The second-order valence-electron chi connectivity index (χ2n) is 7.99. The van der Waals surface area contributed by atoms with Gasteiger partial charge in [-0.15, -0.1) is 0 Å². The number of nitrogens with zero attached hydrogens (tertiary/aromatic N) is 2. The van der Waals surface area contributed by atoms with Crippen LogP contribution in [0.1, 0.15) is 65.7 Å². The lowest BCUT2D eigenvalue weighted by Gasteiger charge is -2.41. The van der Waals surface area contributed by atoms with Crippen molar-refractivity contribution >= 4 is 16.8 Å². The van der Waals surface area contributed by atoms with Crippen LogP contribution in [0.2, 0.25) is 0 Å². The van der Waals surface area contributed by atoms with Gasteiger partial charge in [0.2, 0.25) is 5.76 Å². The summed E-state index contributed by atoms with van der Waals surface area (Å²) in [6, 6.07) is 10.3. The van der Waals surface area contributed by atoms with Gasteiger partial charge in [0.25, 0.3) is 5.91 Å². The van der Waals surface area contributed by atoms with Crippen LogP contribution in [-0.4, -0.2) is 27.5 Å². The number of fused-ring (bicyclic) bond motifs is 3. The van der Waals surface area contributed by atoms with Crippen LogP contribution in [0.4, 0.5) is 0 Å². The summed E-state index contributed by atoms with van der Waals surface area (Å²) in [6.07, 6.45) is 7.04. The number of amides is 1. The van der Waals surface area contributed by atoms with E-state index < -0.39 is 0 Å². The molecule has 1 aromatic carbocycles. The lowest BCUT2D eigenvalue weighted by molar-refractivity contribution is 0.0493. The Balaban J connectivity index is 1.59. The van der Waals surface area contributed by atoms with Gasteiger partial charge >= 0.3 is 0 Å². The molecule has 1 fully saturated rings. The molecule has 1 aliphatic heterocycles. The highest BCUT2D eigenvalue weighted by atomic mass is 16.5. The fourth-order valence-electron chi connectivity index (χ4n) is 5.04. The van der Waals surface area contributed by atoms with Gasteiger partial charge in [0.15, 0.2) is 0 Å². The van der Waals surface area contributed by atoms with Gasteiger partial charge in [-0.3, -0.25) is 4.79 Å².